The van der Waals surface area contributed by atoms with Crippen LogP contribution in [0.3, 0.4) is 0 Å². The molecule has 0 saturated carbocycles. The van der Waals surface area contributed by atoms with Gasteiger partial charge in [0.15, 0.2) is 0 Å². The van der Waals surface area contributed by atoms with Crippen molar-refractivity contribution in [1.29, 1.82) is 5.26 Å². The van der Waals surface area contributed by atoms with E-state index in [4.69, 9.17) is 15.7 Å². The number of carbonyl (C=O) groups excluding carboxylic acids is 1. The molecule has 6 heteroatoms. The van der Waals surface area contributed by atoms with E-state index in [1.807, 2.05) is 44.2 Å². The molecule has 0 radical (unpaired) electrons. The predicted molar refractivity (Wildman–Crippen MR) is 140 cm³/mol. The second-order valence-corrected chi connectivity index (χ2v) is 9.46. The van der Waals surface area contributed by atoms with E-state index >= 15 is 0 Å². The van der Waals surface area contributed by atoms with Gasteiger partial charge in [0.1, 0.15) is 11.6 Å². The zero-order valence-electron chi connectivity index (χ0n) is 22.4. The van der Waals surface area contributed by atoms with Crippen LogP contribution in [0.4, 0.5) is 5.69 Å². The average molecular weight is 459 g/mol. The van der Waals surface area contributed by atoms with Crippen molar-refractivity contribution in [2.45, 2.75) is 67.4 Å². The van der Waals surface area contributed by atoms with Crippen LogP contribution in [-0.2, 0) is 9.53 Å². The maximum Gasteiger partial charge on any atom is 0.259 e. The lowest BCUT2D eigenvalue weighted by atomic mass is 10.0. The van der Waals surface area contributed by atoms with Gasteiger partial charge in [-0.05, 0) is 70.4 Å². The van der Waals surface area contributed by atoms with Gasteiger partial charge in [-0.2, -0.15) is 5.26 Å². The monoisotopic (exact) mass is 458 g/mol. The highest BCUT2D eigenvalue weighted by molar-refractivity contribution is 6.03. The van der Waals surface area contributed by atoms with E-state index in [-0.39, 0.29) is 11.2 Å². The molecule has 0 bridgehead atoms. The number of primary amides is 1. The number of anilines is 1. The Kier molecular flexibility index (Phi) is 14.4. The van der Waals surface area contributed by atoms with Crippen molar-refractivity contribution in [3.05, 3.63) is 35.4 Å². The van der Waals surface area contributed by atoms with Crippen LogP contribution in [0, 0.1) is 17.2 Å². The molecule has 33 heavy (non-hydrogen) atoms. The van der Waals surface area contributed by atoms with Gasteiger partial charge in [-0.15, -0.1) is 0 Å². The second kappa shape index (κ2) is 15.5. The first-order chi connectivity index (χ1) is 15.4. The molecule has 1 saturated heterocycles. The predicted octanol–water partition coefficient (Wildman–Crippen LogP) is 5.09. The topological polar surface area (TPSA) is 82.6 Å². The van der Waals surface area contributed by atoms with Crippen molar-refractivity contribution in [1.82, 2.24) is 4.90 Å². The number of ether oxygens (including phenoxy) is 1. The van der Waals surface area contributed by atoms with Crippen LogP contribution < -0.4 is 10.6 Å². The van der Waals surface area contributed by atoms with Gasteiger partial charge in [0, 0.05) is 38.5 Å². The Labute approximate surface area is 202 Å². The summed E-state index contributed by atoms with van der Waals surface area (Å²) in [6.07, 6.45) is 1.16. The molecule has 6 nitrogen and oxygen atoms in total. The minimum atomic E-state index is -0.682. The summed E-state index contributed by atoms with van der Waals surface area (Å²) in [5.74, 6) is 0.0699. The molecule has 2 N–H and O–H groups in total. The summed E-state index contributed by atoms with van der Waals surface area (Å²) in [7, 11) is 2.13. The lowest BCUT2D eigenvalue weighted by Crippen LogP contribution is -2.44. The van der Waals surface area contributed by atoms with Gasteiger partial charge in [-0.3, -0.25) is 4.79 Å². The zero-order chi connectivity index (χ0) is 25.6. The van der Waals surface area contributed by atoms with Gasteiger partial charge in [-0.25, -0.2) is 0 Å². The third kappa shape index (κ3) is 12.5. The number of benzene rings is 1. The van der Waals surface area contributed by atoms with Gasteiger partial charge >= 0.3 is 0 Å². The fraction of sp³-hybridized carbons (Fsp3) is 0.630. The SMILES string of the molecule is C/C(=C(/C#N)C(N)=O)c1ccc(N2CCN(C)CC2)cc1.CC.CC(C)CCOC(C)(C)C. The van der Waals surface area contributed by atoms with Crippen molar-refractivity contribution in [2.75, 3.05) is 44.7 Å². The second-order valence-electron chi connectivity index (χ2n) is 9.46. The first-order valence-electron chi connectivity index (χ1n) is 12.0. The first-order valence-corrected chi connectivity index (χ1v) is 12.0. The summed E-state index contributed by atoms with van der Waals surface area (Å²) in [5, 5.41) is 8.99. The van der Waals surface area contributed by atoms with E-state index in [1.54, 1.807) is 6.92 Å². The lowest BCUT2D eigenvalue weighted by Gasteiger charge is -2.34. The number of hydrogen-bond donors (Lipinski definition) is 1. The molecule has 0 aliphatic carbocycles. The zero-order valence-corrected chi connectivity index (χ0v) is 22.4. The summed E-state index contributed by atoms with van der Waals surface area (Å²) < 4.78 is 5.54. The number of carbonyl (C=O) groups is 1. The van der Waals surface area contributed by atoms with Crippen molar-refractivity contribution < 1.29 is 9.53 Å². The van der Waals surface area contributed by atoms with Crippen LogP contribution in [0.2, 0.25) is 0 Å². The van der Waals surface area contributed by atoms with E-state index < -0.39 is 5.91 Å². The Morgan fingerprint density at radius 2 is 1.64 bits per heavy atom. The molecular formula is C27H46N4O2. The molecule has 186 valence electrons. The van der Waals surface area contributed by atoms with Crippen LogP contribution in [0.25, 0.3) is 5.57 Å². The number of piperazine rings is 1. The Morgan fingerprint density at radius 1 is 1.12 bits per heavy atom. The minimum absolute atomic E-state index is 0.0161. The fourth-order valence-electron chi connectivity index (χ4n) is 3.06. The highest BCUT2D eigenvalue weighted by Crippen LogP contribution is 2.22. The molecule has 0 spiro atoms. The van der Waals surface area contributed by atoms with Crippen LogP contribution in [0.1, 0.15) is 67.4 Å². The van der Waals surface area contributed by atoms with Gasteiger partial charge in [-0.1, -0.05) is 39.8 Å². The Bertz CT molecular complexity index is 763. The maximum atomic E-state index is 11.2. The minimum Gasteiger partial charge on any atom is -0.376 e. The van der Waals surface area contributed by atoms with E-state index in [1.165, 1.54) is 0 Å². The Hall–Kier alpha value is -2.36. The third-order valence-corrected chi connectivity index (χ3v) is 5.13. The van der Waals surface area contributed by atoms with Crippen molar-refractivity contribution >= 4 is 17.2 Å². The number of hydrogen-bond acceptors (Lipinski definition) is 5. The van der Waals surface area contributed by atoms with Gasteiger partial charge in [0.05, 0.1) is 5.60 Å². The smallest absolute Gasteiger partial charge is 0.259 e. The number of likely N-dealkylation sites (N-methyl/N-ethyl adjacent to an activating group) is 1. The van der Waals surface area contributed by atoms with E-state index in [0.717, 1.165) is 56.4 Å². The summed E-state index contributed by atoms with van der Waals surface area (Å²) in [6, 6.07) is 9.80. The van der Waals surface area contributed by atoms with Crippen molar-refractivity contribution in [3.8, 4) is 6.07 Å². The number of amides is 1. The molecule has 1 amide bonds. The number of allylic oxidation sites excluding steroid dienone is 1. The molecule has 0 unspecified atom stereocenters. The summed E-state index contributed by atoms with van der Waals surface area (Å²) in [4.78, 5) is 15.9. The number of nitrogens with two attached hydrogens (primary N) is 1. The highest BCUT2D eigenvalue weighted by Gasteiger charge is 2.15. The number of rotatable bonds is 6. The molecule has 1 aliphatic rings. The van der Waals surface area contributed by atoms with E-state index in [2.05, 4.69) is 51.5 Å². The van der Waals surface area contributed by atoms with Gasteiger partial charge < -0.3 is 20.3 Å². The molecule has 2 rings (SSSR count). The molecule has 1 aliphatic heterocycles. The first kappa shape index (κ1) is 30.6. The van der Waals surface area contributed by atoms with Gasteiger partial charge in [0.2, 0.25) is 0 Å². The average Bonchev–Trinajstić information content (AvgIpc) is 2.75. The third-order valence-electron chi connectivity index (χ3n) is 5.13. The van der Waals surface area contributed by atoms with E-state index in [0.29, 0.717) is 5.57 Å². The summed E-state index contributed by atoms with van der Waals surface area (Å²) in [5.41, 5.74) is 7.90. The summed E-state index contributed by atoms with van der Waals surface area (Å²) >= 11 is 0. The molecule has 1 fully saturated rings. The molecular weight excluding hydrogens is 412 g/mol. The normalized spacial score (nSPS) is 14.9. The van der Waals surface area contributed by atoms with Crippen LogP contribution in [0.5, 0.6) is 0 Å². The standard InChI is InChI=1S/C16H20N4O.C9H20O.C2H6/c1-12(15(11-17)16(18)21)13-3-5-14(6-4-13)20-9-7-19(2)8-10-20;1-8(2)6-7-10-9(3,4)5;1-2/h3-6H,7-10H2,1-2H3,(H2,18,21);8H,6-7H2,1-5H3;1-2H3/b15-12+;;. The van der Waals surface area contributed by atoms with Crippen molar-refractivity contribution in [2.24, 2.45) is 11.7 Å². The van der Waals surface area contributed by atoms with Crippen molar-refractivity contribution in [3.63, 3.8) is 0 Å². The molecule has 1 aromatic carbocycles. The van der Waals surface area contributed by atoms with Crippen LogP contribution in [-0.4, -0.2) is 56.2 Å². The number of nitriles is 1. The Balaban J connectivity index is 0.000000722. The summed E-state index contributed by atoms with van der Waals surface area (Å²) in [6.45, 7) is 21.5. The maximum absolute atomic E-state index is 11.2. The lowest BCUT2D eigenvalue weighted by molar-refractivity contribution is -0.114. The van der Waals surface area contributed by atoms with Gasteiger partial charge in [0.25, 0.3) is 5.91 Å². The molecule has 1 heterocycles. The Morgan fingerprint density at radius 3 is 2.03 bits per heavy atom. The largest absolute Gasteiger partial charge is 0.376 e. The molecule has 0 aromatic heterocycles. The number of nitrogens with zero attached hydrogens (tertiary/aromatic N) is 3. The van der Waals surface area contributed by atoms with Crippen LogP contribution >= 0.6 is 0 Å². The molecule has 1 aromatic rings. The fourth-order valence-corrected chi connectivity index (χ4v) is 3.06. The van der Waals surface area contributed by atoms with E-state index in [9.17, 15) is 4.79 Å². The van der Waals surface area contributed by atoms with Crippen LogP contribution in [0.15, 0.2) is 29.8 Å². The molecule has 0 atom stereocenters. The highest BCUT2D eigenvalue weighted by atomic mass is 16.5. The quantitative estimate of drug-likeness (QED) is 0.474.